The molecule has 0 spiro atoms. The monoisotopic (exact) mass is 272 g/mol. The van der Waals surface area contributed by atoms with Crippen LogP contribution in [0.15, 0.2) is 29.2 Å². The summed E-state index contributed by atoms with van der Waals surface area (Å²) in [6, 6.07) is 6.86. The Bertz CT molecular complexity index is 443. The number of rotatable bonds is 8. The average molecular weight is 272 g/mol. The second kappa shape index (κ2) is 7.48. The van der Waals surface area contributed by atoms with Crippen LogP contribution < -0.4 is 10.5 Å². The van der Waals surface area contributed by atoms with E-state index in [0.717, 1.165) is 18.4 Å². The molecule has 102 valence electrons. The lowest BCUT2D eigenvalue weighted by Crippen LogP contribution is -2.27. The maximum absolute atomic E-state index is 11.8. The molecule has 18 heavy (non-hydrogen) atoms. The molecule has 0 radical (unpaired) electrons. The highest BCUT2D eigenvalue weighted by molar-refractivity contribution is 7.89. The van der Waals surface area contributed by atoms with Gasteiger partial charge in [0.2, 0.25) is 10.0 Å². The van der Waals surface area contributed by atoms with E-state index in [1.807, 2.05) is 12.1 Å². The number of hydrogen-bond acceptors (Lipinski definition) is 4. The summed E-state index contributed by atoms with van der Waals surface area (Å²) in [5.41, 5.74) is 6.52. The van der Waals surface area contributed by atoms with E-state index in [-0.39, 0.29) is 11.4 Å². The Balaban J connectivity index is 2.65. The number of benzene rings is 1. The third-order valence-corrected chi connectivity index (χ3v) is 3.98. The van der Waals surface area contributed by atoms with Gasteiger partial charge in [0.1, 0.15) is 0 Å². The summed E-state index contributed by atoms with van der Waals surface area (Å²) >= 11 is 0. The molecule has 0 aliphatic rings. The van der Waals surface area contributed by atoms with E-state index in [0.29, 0.717) is 13.2 Å². The Morgan fingerprint density at radius 3 is 2.50 bits per heavy atom. The van der Waals surface area contributed by atoms with Gasteiger partial charge in [-0.2, -0.15) is 0 Å². The summed E-state index contributed by atoms with van der Waals surface area (Å²) in [4.78, 5) is 0.273. The fourth-order valence-corrected chi connectivity index (χ4v) is 2.52. The van der Waals surface area contributed by atoms with Crippen LogP contribution in [0.2, 0.25) is 0 Å². The highest BCUT2D eigenvalue weighted by atomic mass is 32.2. The van der Waals surface area contributed by atoms with Crippen LogP contribution in [-0.4, -0.2) is 35.2 Å². The van der Waals surface area contributed by atoms with Crippen molar-refractivity contribution < 1.29 is 13.2 Å². The maximum atomic E-state index is 11.8. The molecule has 0 saturated heterocycles. The lowest BCUT2D eigenvalue weighted by molar-refractivity contribution is 0.204. The van der Waals surface area contributed by atoms with E-state index in [9.17, 15) is 8.42 Å². The Morgan fingerprint density at radius 2 is 1.94 bits per heavy atom. The predicted octanol–water partition coefficient (Wildman–Crippen LogP) is 0.503. The van der Waals surface area contributed by atoms with E-state index in [2.05, 4.69) is 4.72 Å². The smallest absolute Gasteiger partial charge is 0.240 e. The molecule has 3 N–H and O–H groups in total. The van der Waals surface area contributed by atoms with Crippen molar-refractivity contribution in [2.24, 2.45) is 5.73 Å². The lowest BCUT2D eigenvalue weighted by Gasteiger charge is -2.07. The summed E-state index contributed by atoms with van der Waals surface area (Å²) in [6.07, 6.45) is 1.77. The van der Waals surface area contributed by atoms with Gasteiger partial charge < -0.3 is 10.5 Å². The minimum absolute atomic E-state index is 0.272. The Morgan fingerprint density at radius 1 is 1.28 bits per heavy atom. The van der Waals surface area contributed by atoms with Crippen molar-refractivity contribution in [1.82, 2.24) is 4.72 Å². The zero-order valence-electron chi connectivity index (χ0n) is 10.6. The lowest BCUT2D eigenvalue weighted by atomic mass is 10.1. The molecule has 0 saturated carbocycles. The van der Waals surface area contributed by atoms with E-state index >= 15 is 0 Å². The fourth-order valence-electron chi connectivity index (χ4n) is 1.50. The molecule has 0 fully saturated rings. The van der Waals surface area contributed by atoms with Crippen LogP contribution in [0.4, 0.5) is 0 Å². The van der Waals surface area contributed by atoms with Crippen molar-refractivity contribution in [2.75, 3.05) is 26.8 Å². The molecule has 0 unspecified atom stereocenters. The Labute approximate surface area is 108 Å². The largest absolute Gasteiger partial charge is 0.383 e. The molecule has 1 rings (SSSR count). The third kappa shape index (κ3) is 4.73. The van der Waals surface area contributed by atoms with Crippen molar-refractivity contribution in [3.8, 4) is 0 Å². The fraction of sp³-hybridized carbons (Fsp3) is 0.500. The number of ether oxygens (including phenoxy) is 1. The highest BCUT2D eigenvalue weighted by Crippen LogP contribution is 2.11. The second-order valence-corrected chi connectivity index (χ2v) is 5.69. The van der Waals surface area contributed by atoms with Gasteiger partial charge in [0.15, 0.2) is 0 Å². The molecule has 0 atom stereocenters. The molecule has 0 aromatic heterocycles. The number of aryl methyl sites for hydroxylation is 1. The van der Waals surface area contributed by atoms with Gasteiger partial charge in [-0.25, -0.2) is 13.1 Å². The van der Waals surface area contributed by atoms with Crippen molar-refractivity contribution in [2.45, 2.75) is 17.7 Å². The molecule has 0 amide bonds. The molecule has 0 aliphatic carbocycles. The Hall–Kier alpha value is -0.950. The van der Waals surface area contributed by atoms with Crippen molar-refractivity contribution in [1.29, 1.82) is 0 Å². The van der Waals surface area contributed by atoms with Gasteiger partial charge in [-0.05, 0) is 37.1 Å². The SMILES string of the molecule is COCCNS(=O)(=O)c1ccc(CCCN)cc1. The van der Waals surface area contributed by atoms with Crippen LogP contribution in [0.25, 0.3) is 0 Å². The molecule has 1 aromatic carbocycles. The van der Waals surface area contributed by atoms with Crippen LogP contribution in [0.3, 0.4) is 0 Å². The number of methoxy groups -OCH3 is 1. The number of hydrogen-bond donors (Lipinski definition) is 2. The zero-order valence-corrected chi connectivity index (χ0v) is 11.4. The molecular formula is C12H20N2O3S. The molecule has 0 bridgehead atoms. The van der Waals surface area contributed by atoms with E-state index in [1.165, 1.54) is 7.11 Å². The number of nitrogens with one attached hydrogen (secondary N) is 1. The van der Waals surface area contributed by atoms with E-state index in [1.54, 1.807) is 12.1 Å². The summed E-state index contributed by atoms with van der Waals surface area (Å²) < 4.78 is 31.0. The van der Waals surface area contributed by atoms with Gasteiger partial charge in [0, 0.05) is 13.7 Å². The molecule has 0 aliphatic heterocycles. The van der Waals surface area contributed by atoms with Gasteiger partial charge >= 0.3 is 0 Å². The molecule has 0 heterocycles. The summed E-state index contributed by atoms with van der Waals surface area (Å²) in [5, 5.41) is 0. The normalized spacial score (nSPS) is 11.7. The molecular weight excluding hydrogens is 252 g/mol. The third-order valence-electron chi connectivity index (χ3n) is 2.50. The maximum Gasteiger partial charge on any atom is 0.240 e. The first-order valence-electron chi connectivity index (χ1n) is 5.88. The number of sulfonamides is 1. The van der Waals surface area contributed by atoms with Gasteiger partial charge in [0.05, 0.1) is 11.5 Å². The summed E-state index contributed by atoms with van der Waals surface area (Å²) in [7, 11) is -1.90. The zero-order chi connectivity index (χ0) is 13.4. The summed E-state index contributed by atoms with van der Waals surface area (Å²) in [5.74, 6) is 0. The molecule has 1 aromatic rings. The van der Waals surface area contributed by atoms with Crippen LogP contribution >= 0.6 is 0 Å². The van der Waals surface area contributed by atoms with Crippen molar-refractivity contribution in [3.05, 3.63) is 29.8 Å². The highest BCUT2D eigenvalue weighted by Gasteiger charge is 2.12. The topological polar surface area (TPSA) is 81.4 Å². The number of nitrogens with two attached hydrogens (primary N) is 1. The van der Waals surface area contributed by atoms with E-state index < -0.39 is 10.0 Å². The first-order chi connectivity index (χ1) is 8.60. The van der Waals surface area contributed by atoms with Gasteiger partial charge in [0.25, 0.3) is 0 Å². The molecule has 6 heteroatoms. The first kappa shape index (κ1) is 15.1. The second-order valence-electron chi connectivity index (χ2n) is 3.93. The van der Waals surface area contributed by atoms with Gasteiger partial charge in [-0.15, -0.1) is 0 Å². The van der Waals surface area contributed by atoms with Crippen LogP contribution in [0.1, 0.15) is 12.0 Å². The quantitative estimate of drug-likeness (QED) is 0.675. The van der Waals surface area contributed by atoms with Crippen LogP contribution in [0, 0.1) is 0 Å². The van der Waals surface area contributed by atoms with Crippen LogP contribution in [-0.2, 0) is 21.2 Å². The minimum Gasteiger partial charge on any atom is -0.383 e. The van der Waals surface area contributed by atoms with Gasteiger partial charge in [-0.1, -0.05) is 12.1 Å². The average Bonchev–Trinajstić information content (AvgIpc) is 2.37. The summed E-state index contributed by atoms with van der Waals surface area (Å²) in [6.45, 7) is 1.26. The molecule has 5 nitrogen and oxygen atoms in total. The van der Waals surface area contributed by atoms with Crippen molar-refractivity contribution in [3.63, 3.8) is 0 Å². The van der Waals surface area contributed by atoms with Gasteiger partial charge in [-0.3, -0.25) is 0 Å². The standard InChI is InChI=1S/C12H20N2O3S/c1-17-10-9-14-18(15,16)12-6-4-11(5-7-12)3-2-8-13/h4-7,14H,2-3,8-10,13H2,1H3. The first-order valence-corrected chi connectivity index (χ1v) is 7.36. The van der Waals surface area contributed by atoms with Crippen molar-refractivity contribution >= 4 is 10.0 Å². The van der Waals surface area contributed by atoms with E-state index in [4.69, 9.17) is 10.5 Å². The van der Waals surface area contributed by atoms with Crippen LogP contribution in [0.5, 0.6) is 0 Å². The minimum atomic E-state index is -3.42. The Kier molecular flexibility index (Phi) is 6.28. The predicted molar refractivity (Wildman–Crippen MR) is 70.9 cm³/mol.